The van der Waals surface area contributed by atoms with Crippen LogP contribution in [-0.2, 0) is 6.42 Å². The molecular formula is C16H15NO4. The van der Waals surface area contributed by atoms with E-state index in [0.717, 1.165) is 35.9 Å². The number of aromatic carboxylic acids is 1. The molecule has 0 spiro atoms. The summed E-state index contributed by atoms with van der Waals surface area (Å²) < 4.78 is 5.11. The molecule has 108 valence electrons. The molecule has 0 fully saturated rings. The van der Waals surface area contributed by atoms with E-state index in [1.807, 2.05) is 25.1 Å². The Morgan fingerprint density at radius 2 is 2.10 bits per heavy atom. The van der Waals surface area contributed by atoms with Gasteiger partial charge in [-0.3, -0.25) is 4.79 Å². The highest BCUT2D eigenvalue weighted by molar-refractivity contribution is 6.06. The van der Waals surface area contributed by atoms with E-state index in [-0.39, 0.29) is 17.2 Å². The number of hydrogen-bond acceptors (Lipinski definition) is 3. The minimum Gasteiger partial charge on any atom is -0.478 e. The zero-order chi connectivity index (χ0) is 15.0. The van der Waals surface area contributed by atoms with E-state index >= 15 is 0 Å². The molecule has 0 unspecified atom stereocenters. The van der Waals surface area contributed by atoms with Crippen molar-refractivity contribution in [1.82, 2.24) is 0 Å². The number of fused-ring (bicyclic) bond motifs is 1. The topological polar surface area (TPSA) is 70.8 Å². The Labute approximate surface area is 121 Å². The Balaban J connectivity index is 1.95. The number of amides is 1. The summed E-state index contributed by atoms with van der Waals surface area (Å²) in [6, 6.07) is 7.32. The van der Waals surface area contributed by atoms with Crippen LogP contribution in [0.4, 0.5) is 5.69 Å². The van der Waals surface area contributed by atoms with Crippen molar-refractivity contribution in [3.05, 3.63) is 53.0 Å². The molecule has 2 aromatic rings. The van der Waals surface area contributed by atoms with E-state index in [2.05, 4.69) is 0 Å². The monoisotopic (exact) mass is 285 g/mol. The first-order valence-electron chi connectivity index (χ1n) is 6.79. The van der Waals surface area contributed by atoms with Crippen LogP contribution in [0.2, 0.25) is 0 Å². The summed E-state index contributed by atoms with van der Waals surface area (Å²) in [6.07, 6.45) is 2.92. The Kier molecular flexibility index (Phi) is 3.25. The van der Waals surface area contributed by atoms with Gasteiger partial charge in [-0.2, -0.15) is 0 Å². The third-order valence-electron chi connectivity index (χ3n) is 3.66. The number of nitrogens with zero attached hydrogens (tertiary/aromatic N) is 1. The van der Waals surface area contributed by atoms with Crippen molar-refractivity contribution in [1.29, 1.82) is 0 Å². The summed E-state index contributed by atoms with van der Waals surface area (Å²) in [5.74, 6) is -1.34. The molecule has 1 aliphatic rings. The third-order valence-corrected chi connectivity index (χ3v) is 3.66. The van der Waals surface area contributed by atoms with E-state index in [0.29, 0.717) is 6.54 Å². The number of carboxylic acids is 1. The molecule has 1 N–H and O–H groups in total. The van der Waals surface area contributed by atoms with Crippen molar-refractivity contribution >= 4 is 17.6 Å². The van der Waals surface area contributed by atoms with Gasteiger partial charge < -0.3 is 14.4 Å². The fraction of sp³-hybridized carbons (Fsp3) is 0.250. The van der Waals surface area contributed by atoms with Gasteiger partial charge in [0, 0.05) is 18.3 Å². The molecular weight excluding hydrogens is 270 g/mol. The molecule has 0 saturated carbocycles. The number of aryl methyl sites for hydroxylation is 2. The van der Waals surface area contributed by atoms with Crippen molar-refractivity contribution in [3.63, 3.8) is 0 Å². The van der Waals surface area contributed by atoms with Crippen molar-refractivity contribution < 1.29 is 19.1 Å². The summed E-state index contributed by atoms with van der Waals surface area (Å²) in [5, 5.41) is 8.90. The first-order chi connectivity index (χ1) is 10.1. The van der Waals surface area contributed by atoms with Gasteiger partial charge in [-0.25, -0.2) is 4.79 Å². The summed E-state index contributed by atoms with van der Waals surface area (Å²) in [6.45, 7) is 2.59. The van der Waals surface area contributed by atoms with E-state index in [9.17, 15) is 9.59 Å². The summed E-state index contributed by atoms with van der Waals surface area (Å²) in [5.41, 5.74) is 3.09. The lowest BCUT2D eigenvalue weighted by atomic mass is 9.99. The molecule has 0 radical (unpaired) electrons. The highest BCUT2D eigenvalue weighted by Gasteiger charge is 2.26. The SMILES string of the molecule is Cc1ccc2c(c1)N(C(=O)c1cc(C(=O)O)co1)CCC2. The van der Waals surface area contributed by atoms with Crippen molar-refractivity contribution in [2.45, 2.75) is 19.8 Å². The molecule has 1 aliphatic heterocycles. The van der Waals surface area contributed by atoms with Gasteiger partial charge in [-0.15, -0.1) is 0 Å². The van der Waals surface area contributed by atoms with Crippen LogP contribution in [0.25, 0.3) is 0 Å². The normalized spacial score (nSPS) is 13.9. The molecule has 3 rings (SSSR count). The third kappa shape index (κ3) is 2.42. The molecule has 1 amide bonds. The summed E-state index contributed by atoms with van der Waals surface area (Å²) >= 11 is 0. The fourth-order valence-electron chi connectivity index (χ4n) is 2.59. The lowest BCUT2D eigenvalue weighted by molar-refractivity contribution is 0.0696. The Bertz CT molecular complexity index is 717. The Morgan fingerprint density at radius 3 is 2.81 bits per heavy atom. The van der Waals surface area contributed by atoms with Gasteiger partial charge in [0.25, 0.3) is 5.91 Å². The summed E-state index contributed by atoms with van der Waals surface area (Å²) in [7, 11) is 0. The van der Waals surface area contributed by atoms with Gasteiger partial charge in [0.2, 0.25) is 0 Å². The van der Waals surface area contributed by atoms with Crippen LogP contribution in [0.1, 0.15) is 38.5 Å². The first-order valence-corrected chi connectivity index (χ1v) is 6.79. The number of carboxylic acid groups (broad SMARTS) is 1. The van der Waals surface area contributed by atoms with Crippen LogP contribution >= 0.6 is 0 Å². The number of benzene rings is 1. The van der Waals surface area contributed by atoms with Gasteiger partial charge in [0.15, 0.2) is 5.76 Å². The van der Waals surface area contributed by atoms with Crippen LogP contribution in [0.15, 0.2) is 34.9 Å². The van der Waals surface area contributed by atoms with Gasteiger partial charge in [0.1, 0.15) is 6.26 Å². The van der Waals surface area contributed by atoms with Crippen molar-refractivity contribution in [3.8, 4) is 0 Å². The smallest absolute Gasteiger partial charge is 0.338 e. The second-order valence-electron chi connectivity index (χ2n) is 5.20. The molecule has 2 heterocycles. The standard InChI is InChI=1S/C16H15NO4/c1-10-4-5-11-3-2-6-17(13(11)7-10)15(18)14-8-12(9-21-14)16(19)20/h4-5,7-9H,2-3,6H2,1H3,(H,19,20). The molecule has 5 nitrogen and oxygen atoms in total. The van der Waals surface area contributed by atoms with Crippen LogP contribution in [0.3, 0.4) is 0 Å². The average Bonchev–Trinajstić information content (AvgIpc) is 2.96. The first kappa shape index (κ1) is 13.4. The predicted octanol–water partition coefficient (Wildman–Crippen LogP) is 2.88. The minimum atomic E-state index is -1.10. The number of furan rings is 1. The van der Waals surface area contributed by atoms with Crippen molar-refractivity contribution in [2.24, 2.45) is 0 Å². The van der Waals surface area contributed by atoms with E-state index in [1.165, 1.54) is 6.07 Å². The van der Waals surface area contributed by atoms with Gasteiger partial charge in [0.05, 0.1) is 5.56 Å². The fourth-order valence-corrected chi connectivity index (χ4v) is 2.59. The largest absolute Gasteiger partial charge is 0.478 e. The molecule has 0 aliphatic carbocycles. The Morgan fingerprint density at radius 1 is 1.29 bits per heavy atom. The number of carbonyl (C=O) groups is 2. The number of carbonyl (C=O) groups excluding carboxylic acids is 1. The Hall–Kier alpha value is -2.56. The van der Waals surface area contributed by atoms with Gasteiger partial charge >= 0.3 is 5.97 Å². The molecule has 21 heavy (non-hydrogen) atoms. The molecule has 5 heteroatoms. The zero-order valence-electron chi connectivity index (χ0n) is 11.6. The van der Waals surface area contributed by atoms with Gasteiger partial charge in [-0.05, 0) is 37.0 Å². The quantitative estimate of drug-likeness (QED) is 0.921. The molecule has 0 atom stereocenters. The van der Waals surface area contributed by atoms with Crippen LogP contribution in [0.5, 0.6) is 0 Å². The number of hydrogen-bond donors (Lipinski definition) is 1. The van der Waals surface area contributed by atoms with E-state index in [4.69, 9.17) is 9.52 Å². The predicted molar refractivity (Wildman–Crippen MR) is 76.8 cm³/mol. The lowest BCUT2D eigenvalue weighted by Crippen LogP contribution is -2.35. The van der Waals surface area contributed by atoms with Crippen LogP contribution in [0, 0.1) is 6.92 Å². The van der Waals surface area contributed by atoms with Gasteiger partial charge in [-0.1, -0.05) is 12.1 Å². The second-order valence-corrected chi connectivity index (χ2v) is 5.20. The lowest BCUT2D eigenvalue weighted by Gasteiger charge is -2.29. The van der Waals surface area contributed by atoms with E-state index < -0.39 is 5.97 Å². The average molecular weight is 285 g/mol. The summed E-state index contributed by atoms with van der Waals surface area (Å²) in [4.78, 5) is 25.1. The minimum absolute atomic E-state index is 0.0141. The maximum absolute atomic E-state index is 12.5. The number of anilines is 1. The molecule has 1 aromatic heterocycles. The highest BCUT2D eigenvalue weighted by atomic mass is 16.4. The number of rotatable bonds is 2. The highest BCUT2D eigenvalue weighted by Crippen LogP contribution is 2.29. The van der Waals surface area contributed by atoms with Crippen molar-refractivity contribution in [2.75, 3.05) is 11.4 Å². The zero-order valence-corrected chi connectivity index (χ0v) is 11.6. The van der Waals surface area contributed by atoms with E-state index in [1.54, 1.807) is 4.90 Å². The molecule has 0 bridgehead atoms. The molecule has 0 saturated heterocycles. The second kappa shape index (κ2) is 5.09. The van der Waals surface area contributed by atoms with Crippen LogP contribution in [-0.4, -0.2) is 23.5 Å². The van der Waals surface area contributed by atoms with Crippen LogP contribution < -0.4 is 4.90 Å². The maximum Gasteiger partial charge on any atom is 0.338 e. The maximum atomic E-state index is 12.5. The molecule has 1 aromatic carbocycles.